The molecule has 0 heterocycles. The number of methoxy groups -OCH3 is 1. The molecule has 4 heteroatoms. The van der Waals surface area contributed by atoms with Crippen LogP contribution >= 0.6 is 0 Å². The summed E-state index contributed by atoms with van der Waals surface area (Å²) >= 11 is 0. The van der Waals surface area contributed by atoms with Gasteiger partial charge in [-0.15, -0.1) is 0 Å². The summed E-state index contributed by atoms with van der Waals surface area (Å²) in [5.74, 6) is 0.211. The van der Waals surface area contributed by atoms with E-state index in [2.05, 4.69) is 0 Å². The van der Waals surface area contributed by atoms with Gasteiger partial charge in [0, 0.05) is 5.56 Å². The maximum absolute atomic E-state index is 11.4. The molecule has 4 nitrogen and oxygen atoms in total. The second kappa shape index (κ2) is 4.79. The fraction of sp³-hybridized carbons (Fsp3) is 0.0714. The highest BCUT2D eigenvalue weighted by molar-refractivity contribution is 6.01. The zero-order valence-electron chi connectivity index (χ0n) is 9.88. The highest BCUT2D eigenvalue weighted by Gasteiger charge is 2.14. The molecular weight excluding hydrogens is 230 g/mol. The van der Waals surface area contributed by atoms with Crippen molar-refractivity contribution in [2.45, 2.75) is 0 Å². The van der Waals surface area contributed by atoms with Crippen LogP contribution < -0.4 is 10.5 Å². The van der Waals surface area contributed by atoms with Crippen molar-refractivity contribution in [1.82, 2.24) is 0 Å². The first-order chi connectivity index (χ1) is 8.63. The van der Waals surface area contributed by atoms with Crippen LogP contribution in [0.4, 0.5) is 0 Å². The molecule has 0 unspecified atom stereocenters. The maximum atomic E-state index is 11.4. The minimum Gasteiger partial charge on any atom is -0.508 e. The molecule has 0 bridgehead atoms. The Morgan fingerprint density at radius 1 is 1.17 bits per heavy atom. The zero-order valence-corrected chi connectivity index (χ0v) is 9.88. The third-order valence-electron chi connectivity index (χ3n) is 2.67. The zero-order chi connectivity index (χ0) is 13.1. The molecule has 2 rings (SSSR count). The van der Waals surface area contributed by atoms with Crippen molar-refractivity contribution in [3.05, 3.63) is 48.0 Å². The van der Waals surface area contributed by atoms with E-state index in [1.807, 2.05) is 0 Å². The number of phenolic OH excluding ortho intramolecular Hbond substituents is 1. The van der Waals surface area contributed by atoms with E-state index in [0.717, 1.165) is 5.56 Å². The van der Waals surface area contributed by atoms with Crippen molar-refractivity contribution in [3.63, 3.8) is 0 Å². The lowest BCUT2D eigenvalue weighted by Gasteiger charge is -2.12. The summed E-state index contributed by atoms with van der Waals surface area (Å²) in [6, 6.07) is 11.6. The van der Waals surface area contributed by atoms with Crippen molar-refractivity contribution in [1.29, 1.82) is 0 Å². The standard InChI is InChI=1S/C14H13NO3/c1-18-12-4-2-3-11(14(15)17)13(12)9-5-7-10(16)8-6-9/h2-8,16H,1H3,(H2,15,17). The largest absolute Gasteiger partial charge is 0.508 e. The van der Waals surface area contributed by atoms with Crippen LogP contribution in [0.3, 0.4) is 0 Å². The van der Waals surface area contributed by atoms with Crippen molar-refractivity contribution in [2.24, 2.45) is 5.73 Å². The quantitative estimate of drug-likeness (QED) is 0.867. The summed E-state index contributed by atoms with van der Waals surface area (Å²) in [5.41, 5.74) is 7.15. The van der Waals surface area contributed by atoms with Crippen molar-refractivity contribution in [2.75, 3.05) is 7.11 Å². The Kier molecular flexibility index (Phi) is 3.19. The summed E-state index contributed by atoms with van der Waals surface area (Å²) in [4.78, 5) is 11.4. The fourth-order valence-corrected chi connectivity index (χ4v) is 1.83. The smallest absolute Gasteiger partial charge is 0.249 e. The molecule has 0 saturated carbocycles. The molecule has 0 atom stereocenters. The number of hydrogen-bond donors (Lipinski definition) is 2. The van der Waals surface area contributed by atoms with Crippen molar-refractivity contribution in [3.8, 4) is 22.6 Å². The summed E-state index contributed by atoms with van der Waals surface area (Å²) < 4.78 is 5.25. The molecule has 92 valence electrons. The highest BCUT2D eigenvalue weighted by atomic mass is 16.5. The lowest BCUT2D eigenvalue weighted by Crippen LogP contribution is -2.12. The molecule has 3 N–H and O–H groups in total. The van der Waals surface area contributed by atoms with E-state index in [1.165, 1.54) is 7.11 Å². The summed E-state index contributed by atoms with van der Waals surface area (Å²) in [6.07, 6.45) is 0. The van der Waals surface area contributed by atoms with Gasteiger partial charge in [-0.05, 0) is 29.8 Å². The molecule has 0 aromatic heterocycles. The second-order valence-corrected chi connectivity index (χ2v) is 3.79. The van der Waals surface area contributed by atoms with E-state index >= 15 is 0 Å². The monoisotopic (exact) mass is 243 g/mol. The van der Waals surface area contributed by atoms with Crippen molar-refractivity contribution >= 4 is 5.91 Å². The number of benzene rings is 2. The van der Waals surface area contributed by atoms with Gasteiger partial charge in [0.2, 0.25) is 5.91 Å². The molecule has 0 radical (unpaired) electrons. The normalized spacial score (nSPS) is 10.1. The SMILES string of the molecule is COc1cccc(C(N)=O)c1-c1ccc(O)cc1. The number of hydrogen-bond acceptors (Lipinski definition) is 3. The van der Waals surface area contributed by atoms with Gasteiger partial charge in [0.25, 0.3) is 0 Å². The number of carbonyl (C=O) groups is 1. The molecule has 2 aromatic carbocycles. The fourth-order valence-electron chi connectivity index (χ4n) is 1.83. The minimum atomic E-state index is -0.517. The first-order valence-corrected chi connectivity index (χ1v) is 5.39. The van der Waals surface area contributed by atoms with Crippen LogP contribution in [0.15, 0.2) is 42.5 Å². The summed E-state index contributed by atoms with van der Waals surface area (Å²) in [6.45, 7) is 0. The number of aromatic hydroxyl groups is 1. The van der Waals surface area contributed by atoms with Gasteiger partial charge in [-0.2, -0.15) is 0 Å². The van der Waals surface area contributed by atoms with Gasteiger partial charge in [0.1, 0.15) is 11.5 Å². The van der Waals surface area contributed by atoms with E-state index in [1.54, 1.807) is 42.5 Å². The topological polar surface area (TPSA) is 72.5 Å². The number of rotatable bonds is 3. The average Bonchev–Trinajstić information content (AvgIpc) is 2.38. The van der Waals surface area contributed by atoms with Gasteiger partial charge >= 0.3 is 0 Å². The Hall–Kier alpha value is -2.49. The number of phenols is 1. The van der Waals surface area contributed by atoms with E-state index in [4.69, 9.17) is 10.5 Å². The molecule has 0 aliphatic carbocycles. The highest BCUT2D eigenvalue weighted by Crippen LogP contribution is 2.33. The van der Waals surface area contributed by atoms with Crippen LogP contribution in [0.5, 0.6) is 11.5 Å². The maximum Gasteiger partial charge on any atom is 0.249 e. The van der Waals surface area contributed by atoms with Crippen LogP contribution in [0.1, 0.15) is 10.4 Å². The van der Waals surface area contributed by atoms with Gasteiger partial charge in [-0.25, -0.2) is 0 Å². The molecule has 1 amide bonds. The molecule has 0 aliphatic rings. The number of amides is 1. The first-order valence-electron chi connectivity index (χ1n) is 5.39. The first kappa shape index (κ1) is 12.0. The third-order valence-corrected chi connectivity index (χ3v) is 2.67. The van der Waals surface area contributed by atoms with E-state index < -0.39 is 5.91 Å². The molecule has 0 aliphatic heterocycles. The van der Waals surface area contributed by atoms with Gasteiger partial charge in [0.15, 0.2) is 0 Å². The average molecular weight is 243 g/mol. The van der Waals surface area contributed by atoms with Gasteiger partial charge < -0.3 is 15.6 Å². The summed E-state index contributed by atoms with van der Waals surface area (Å²) in [7, 11) is 1.53. The Labute approximate surface area is 105 Å². The van der Waals surface area contributed by atoms with Crippen LogP contribution in [0.2, 0.25) is 0 Å². The predicted octanol–water partition coefficient (Wildman–Crippen LogP) is 2.17. The lowest BCUT2D eigenvalue weighted by atomic mass is 9.98. The van der Waals surface area contributed by atoms with Gasteiger partial charge in [0.05, 0.1) is 12.7 Å². The molecule has 2 aromatic rings. The van der Waals surface area contributed by atoms with Gasteiger partial charge in [-0.1, -0.05) is 18.2 Å². The van der Waals surface area contributed by atoms with Crippen LogP contribution in [-0.2, 0) is 0 Å². The Bertz CT molecular complexity index is 576. The molecule has 0 saturated heterocycles. The minimum absolute atomic E-state index is 0.161. The predicted molar refractivity (Wildman–Crippen MR) is 68.6 cm³/mol. The number of ether oxygens (including phenoxy) is 1. The van der Waals surface area contributed by atoms with Crippen LogP contribution in [0.25, 0.3) is 11.1 Å². The van der Waals surface area contributed by atoms with Gasteiger partial charge in [-0.3, -0.25) is 4.79 Å². The van der Waals surface area contributed by atoms with E-state index in [0.29, 0.717) is 16.9 Å². The Balaban J connectivity index is 2.67. The Morgan fingerprint density at radius 3 is 2.39 bits per heavy atom. The van der Waals surface area contributed by atoms with E-state index in [9.17, 15) is 9.90 Å². The number of nitrogens with two attached hydrogens (primary N) is 1. The summed E-state index contributed by atoms with van der Waals surface area (Å²) in [5, 5.41) is 9.29. The lowest BCUT2D eigenvalue weighted by molar-refractivity contribution is 0.100. The van der Waals surface area contributed by atoms with Crippen molar-refractivity contribution < 1.29 is 14.6 Å². The Morgan fingerprint density at radius 2 is 1.83 bits per heavy atom. The third kappa shape index (κ3) is 2.13. The number of carbonyl (C=O) groups excluding carboxylic acids is 1. The second-order valence-electron chi connectivity index (χ2n) is 3.79. The number of primary amides is 1. The molecule has 0 spiro atoms. The molecule has 0 fully saturated rings. The molecular formula is C14H13NO3. The molecule has 18 heavy (non-hydrogen) atoms. The van der Waals surface area contributed by atoms with Crippen LogP contribution in [-0.4, -0.2) is 18.1 Å². The van der Waals surface area contributed by atoms with E-state index in [-0.39, 0.29) is 5.75 Å². The van der Waals surface area contributed by atoms with Crippen LogP contribution in [0, 0.1) is 0 Å².